The molecule has 0 radical (unpaired) electrons. The molecule has 3 heterocycles. The van der Waals surface area contributed by atoms with Gasteiger partial charge in [-0.05, 0) is 23.9 Å². The Labute approximate surface area is 151 Å². The van der Waals surface area contributed by atoms with Gasteiger partial charge in [-0.1, -0.05) is 6.07 Å². The average molecular weight is 365 g/mol. The van der Waals surface area contributed by atoms with Crippen LogP contribution in [-0.4, -0.2) is 58.0 Å². The van der Waals surface area contributed by atoms with E-state index in [2.05, 4.69) is 21.4 Å². The lowest BCUT2D eigenvalue weighted by Gasteiger charge is -2.28. The predicted molar refractivity (Wildman–Crippen MR) is 96.1 cm³/mol. The predicted octanol–water partition coefficient (Wildman–Crippen LogP) is 2.24. The number of carbonyl (C=O) groups excluding carboxylic acids is 1. The lowest BCUT2D eigenvalue weighted by molar-refractivity contribution is 0.175. The summed E-state index contributed by atoms with van der Waals surface area (Å²) in [7, 11) is 3.60. The first-order valence-electron chi connectivity index (χ1n) is 8.39. The van der Waals surface area contributed by atoms with Gasteiger partial charge in [-0.25, -0.2) is 9.18 Å². The number of likely N-dealkylation sites (tertiary alicyclic amines) is 1. The fraction of sp³-hybridized carbons (Fsp3) is 0.529. The quantitative estimate of drug-likeness (QED) is 0.854. The number of rotatable bonds is 6. The van der Waals surface area contributed by atoms with E-state index in [1.807, 2.05) is 24.6 Å². The molecule has 1 saturated heterocycles. The van der Waals surface area contributed by atoms with Crippen molar-refractivity contribution in [3.8, 4) is 0 Å². The topological polar surface area (TPSA) is 53.4 Å². The number of nitrogens with zero attached hydrogens (tertiary/aromatic N) is 4. The molecule has 8 heteroatoms. The second kappa shape index (κ2) is 7.97. The molecule has 6 nitrogen and oxygen atoms in total. The number of amides is 2. The number of aryl methyl sites for hydroxylation is 1. The first kappa shape index (κ1) is 17.9. The number of likely N-dealkylation sites (N-methyl/N-ethyl adjacent to an activating group) is 1. The van der Waals surface area contributed by atoms with E-state index < -0.39 is 6.17 Å². The van der Waals surface area contributed by atoms with E-state index in [-0.39, 0.29) is 12.1 Å². The molecule has 1 aliphatic heterocycles. The van der Waals surface area contributed by atoms with Crippen molar-refractivity contribution < 1.29 is 9.18 Å². The van der Waals surface area contributed by atoms with Crippen molar-refractivity contribution in [1.82, 2.24) is 24.9 Å². The highest BCUT2D eigenvalue weighted by Gasteiger charge is 2.33. The summed E-state index contributed by atoms with van der Waals surface area (Å²) >= 11 is 1.68. The van der Waals surface area contributed by atoms with Gasteiger partial charge in [0.15, 0.2) is 0 Å². The molecule has 1 fully saturated rings. The third kappa shape index (κ3) is 4.58. The van der Waals surface area contributed by atoms with Crippen LogP contribution in [0.1, 0.15) is 17.0 Å². The summed E-state index contributed by atoms with van der Waals surface area (Å²) in [5.74, 6) is 0. The van der Waals surface area contributed by atoms with Gasteiger partial charge in [-0.3, -0.25) is 9.58 Å². The molecule has 1 aliphatic rings. The third-order valence-electron chi connectivity index (χ3n) is 4.59. The molecule has 2 amide bonds. The van der Waals surface area contributed by atoms with Crippen molar-refractivity contribution in [3.05, 3.63) is 40.3 Å². The molecule has 0 spiro atoms. The van der Waals surface area contributed by atoms with Crippen LogP contribution in [0, 0.1) is 0 Å². The number of alkyl halides is 1. The van der Waals surface area contributed by atoms with Crippen molar-refractivity contribution >= 4 is 17.4 Å². The minimum absolute atomic E-state index is 0.0459. The summed E-state index contributed by atoms with van der Waals surface area (Å²) in [5.41, 5.74) is 0.936. The van der Waals surface area contributed by atoms with Gasteiger partial charge >= 0.3 is 6.03 Å². The minimum atomic E-state index is -0.823. The highest BCUT2D eigenvalue weighted by atomic mass is 32.1. The molecule has 136 valence electrons. The highest BCUT2D eigenvalue weighted by molar-refractivity contribution is 7.09. The fourth-order valence-electron chi connectivity index (χ4n) is 3.18. The first-order chi connectivity index (χ1) is 12.0. The molecule has 2 atom stereocenters. The van der Waals surface area contributed by atoms with Gasteiger partial charge in [-0.2, -0.15) is 5.10 Å². The lowest BCUT2D eigenvalue weighted by Crippen LogP contribution is -2.44. The normalized spacial score (nSPS) is 20.8. The minimum Gasteiger partial charge on any atom is -0.332 e. The van der Waals surface area contributed by atoms with Gasteiger partial charge in [0.05, 0.1) is 12.2 Å². The van der Waals surface area contributed by atoms with Crippen molar-refractivity contribution in [2.24, 2.45) is 7.05 Å². The number of hydrogen-bond acceptors (Lipinski definition) is 4. The number of carbonyl (C=O) groups is 1. The van der Waals surface area contributed by atoms with E-state index in [1.165, 1.54) is 4.88 Å². The number of urea groups is 1. The van der Waals surface area contributed by atoms with Crippen LogP contribution < -0.4 is 5.32 Å². The molecule has 0 unspecified atom stereocenters. The molecule has 2 aromatic heterocycles. The van der Waals surface area contributed by atoms with Crippen molar-refractivity contribution in [2.75, 3.05) is 20.1 Å². The molecule has 0 aromatic carbocycles. The largest absolute Gasteiger partial charge is 0.332 e. The van der Waals surface area contributed by atoms with Crippen LogP contribution in [0.5, 0.6) is 0 Å². The SMILES string of the molecule is CN(C[C@@H]1C[C@H](F)CN1Cc1cccs1)C(=O)NCc1ccnn1C. The van der Waals surface area contributed by atoms with Crippen LogP contribution in [0.3, 0.4) is 0 Å². The number of thiophene rings is 1. The number of halogens is 1. The average Bonchev–Trinajstić information content (AvgIpc) is 3.29. The Bertz CT molecular complexity index is 689. The number of nitrogens with one attached hydrogen (secondary N) is 1. The lowest BCUT2D eigenvalue weighted by atomic mass is 10.2. The van der Waals surface area contributed by atoms with Crippen LogP contribution >= 0.6 is 11.3 Å². The van der Waals surface area contributed by atoms with Crippen LogP contribution in [0.2, 0.25) is 0 Å². The number of hydrogen-bond donors (Lipinski definition) is 1. The Morgan fingerprint density at radius 3 is 3.04 bits per heavy atom. The molecular weight excluding hydrogens is 341 g/mol. The van der Waals surface area contributed by atoms with Crippen LogP contribution in [0.15, 0.2) is 29.8 Å². The van der Waals surface area contributed by atoms with Gasteiger partial charge in [0, 0.05) is 50.8 Å². The maximum atomic E-state index is 13.9. The zero-order valence-electron chi connectivity index (χ0n) is 14.6. The van der Waals surface area contributed by atoms with Gasteiger partial charge < -0.3 is 10.2 Å². The Hall–Kier alpha value is -1.93. The summed E-state index contributed by atoms with van der Waals surface area (Å²) in [6.45, 7) is 2.12. The van der Waals surface area contributed by atoms with E-state index in [0.29, 0.717) is 26.1 Å². The van der Waals surface area contributed by atoms with Gasteiger partial charge in [0.2, 0.25) is 0 Å². The van der Waals surface area contributed by atoms with Crippen LogP contribution in [0.25, 0.3) is 0 Å². The van der Waals surface area contributed by atoms with Crippen LogP contribution in [-0.2, 0) is 20.1 Å². The molecule has 25 heavy (non-hydrogen) atoms. The second-order valence-corrected chi connectivity index (χ2v) is 7.51. The van der Waals surface area contributed by atoms with E-state index in [4.69, 9.17) is 0 Å². The van der Waals surface area contributed by atoms with E-state index in [9.17, 15) is 9.18 Å². The fourth-order valence-corrected chi connectivity index (χ4v) is 3.91. The summed E-state index contributed by atoms with van der Waals surface area (Å²) in [5, 5.41) is 9.00. The summed E-state index contributed by atoms with van der Waals surface area (Å²) < 4.78 is 15.6. The first-order valence-corrected chi connectivity index (χ1v) is 9.27. The summed E-state index contributed by atoms with van der Waals surface area (Å²) in [6, 6.07) is 5.84. The van der Waals surface area contributed by atoms with Gasteiger partial charge in [0.25, 0.3) is 0 Å². The second-order valence-electron chi connectivity index (χ2n) is 6.48. The van der Waals surface area contributed by atoms with Gasteiger partial charge in [0.1, 0.15) is 6.17 Å². The van der Waals surface area contributed by atoms with Crippen molar-refractivity contribution in [2.45, 2.75) is 31.7 Å². The van der Waals surface area contributed by atoms with Crippen LogP contribution in [0.4, 0.5) is 9.18 Å². The molecule has 0 aliphatic carbocycles. The third-order valence-corrected chi connectivity index (χ3v) is 5.45. The zero-order chi connectivity index (χ0) is 17.8. The Balaban J connectivity index is 1.52. The molecule has 0 bridgehead atoms. The monoisotopic (exact) mass is 365 g/mol. The Morgan fingerprint density at radius 2 is 2.36 bits per heavy atom. The van der Waals surface area contributed by atoms with E-state index >= 15 is 0 Å². The number of aromatic nitrogens is 2. The smallest absolute Gasteiger partial charge is 0.317 e. The Morgan fingerprint density at radius 1 is 1.52 bits per heavy atom. The Kier molecular flexibility index (Phi) is 5.70. The summed E-state index contributed by atoms with van der Waals surface area (Å²) in [4.78, 5) is 17.3. The van der Waals surface area contributed by atoms with E-state index in [1.54, 1.807) is 34.2 Å². The standard InChI is InChI=1S/C17H24FN5OS/c1-21(17(24)19-9-14-5-6-20-22(14)2)11-15-8-13(18)10-23(15)12-16-4-3-7-25-16/h3-7,13,15H,8-12H2,1-2H3,(H,19,24)/t13-,15-/m0/s1. The summed E-state index contributed by atoms with van der Waals surface area (Å²) in [6.07, 6.45) is 1.36. The molecular formula is C17H24FN5OS. The highest BCUT2D eigenvalue weighted by Crippen LogP contribution is 2.24. The van der Waals surface area contributed by atoms with Crippen molar-refractivity contribution in [3.63, 3.8) is 0 Å². The van der Waals surface area contributed by atoms with Gasteiger partial charge in [-0.15, -0.1) is 11.3 Å². The molecule has 2 aromatic rings. The molecule has 0 saturated carbocycles. The molecule has 3 rings (SSSR count). The zero-order valence-corrected chi connectivity index (χ0v) is 15.4. The van der Waals surface area contributed by atoms with E-state index in [0.717, 1.165) is 12.2 Å². The molecule has 1 N–H and O–H groups in total. The van der Waals surface area contributed by atoms with Crippen molar-refractivity contribution in [1.29, 1.82) is 0 Å². The maximum absolute atomic E-state index is 13.9. The maximum Gasteiger partial charge on any atom is 0.317 e.